The molecule has 13 N–H and O–H groups in total. The van der Waals surface area contributed by atoms with Crippen LogP contribution >= 0.6 is 35.2 Å². The fraction of sp³-hybridized carbons (Fsp3) is 0.364. The van der Waals surface area contributed by atoms with E-state index in [0.717, 1.165) is 29.0 Å². The van der Waals surface area contributed by atoms with E-state index in [-0.39, 0.29) is 59.5 Å². The smallest absolute Gasteiger partial charge is 0.481 e. The van der Waals surface area contributed by atoms with Crippen molar-refractivity contribution in [2.75, 3.05) is 43.1 Å². The van der Waals surface area contributed by atoms with Gasteiger partial charge in [0.15, 0.2) is 17.7 Å². The molecule has 0 radical (unpaired) electrons. The number of ether oxygens (including phenoxy) is 1. The Morgan fingerprint density at radius 1 is 0.857 bits per heavy atom. The van der Waals surface area contributed by atoms with Gasteiger partial charge in [0.2, 0.25) is 22.8 Å². The zero-order valence-corrected chi connectivity index (χ0v) is 44.1. The van der Waals surface area contributed by atoms with E-state index in [0.29, 0.717) is 22.4 Å². The number of aromatic nitrogens is 4. The number of thioether (sulfide) groups is 1. The van der Waals surface area contributed by atoms with Gasteiger partial charge in [0, 0.05) is 53.9 Å². The number of fused-ring (bicyclic) bond motifs is 1. The van der Waals surface area contributed by atoms with E-state index >= 15 is 0 Å². The van der Waals surface area contributed by atoms with Crippen LogP contribution in [0.1, 0.15) is 52.8 Å². The third kappa shape index (κ3) is 17.5. The molecular formula is C44H54N9O20P3S. The maximum Gasteiger partial charge on any atom is 0.481 e. The number of rotatable bonds is 26. The monoisotopic (exact) mass is 1150 g/mol. The Kier molecular flexibility index (Phi) is 20.4. The third-order valence-electron chi connectivity index (χ3n) is 11.2. The molecule has 1 saturated heterocycles. The summed E-state index contributed by atoms with van der Waals surface area (Å²) in [5.74, 6) is -2.41. The summed E-state index contributed by atoms with van der Waals surface area (Å²) < 4.78 is 62.6. The number of aliphatic hydroxyl groups excluding tert-OH is 2. The quantitative estimate of drug-likeness (QED) is 0.0277. The van der Waals surface area contributed by atoms with Crippen LogP contribution in [0, 0.1) is 5.41 Å². The highest BCUT2D eigenvalue weighted by Crippen LogP contribution is 2.61. The van der Waals surface area contributed by atoms with Crippen molar-refractivity contribution in [1.82, 2.24) is 35.5 Å². The van der Waals surface area contributed by atoms with Crippen molar-refractivity contribution < 1.29 is 95.2 Å². The molecule has 29 nitrogen and oxygen atoms in total. The second kappa shape index (κ2) is 26.1. The highest BCUT2D eigenvalue weighted by molar-refractivity contribution is 8.14. The molecule has 1 aliphatic rings. The summed E-state index contributed by atoms with van der Waals surface area (Å²) in [4.78, 5) is 116. The second-order valence-corrected chi connectivity index (χ2v) is 22.8. The standard InChI is InChI=1S/C44H54N9O20P3S/c1-44(2,22-70-76(67,68)73-75(65,66)69-21-31-35(72-74(62,63)64)34(56)42(71-31)53-24-50-33-37(45)48-23-49-38(33)53)36(57)41(60)47-17-16-32(55)46-18-19-77-43(61)27-10-12-28(13-11-27)51-40(59)30(20-25-8-14-29(54)15-9-25)52-39(58)26-6-4-3-5-7-26/h3-15,23-24,30-31,34-36,42,54,56-57H,16-22H2,1-2H3,(H,46,55)(H,47,60)(H,51,59)(H,52,58)(H,65,66)(H,67,68)(H2,45,48,49)(H2,62,63,64). The lowest BCUT2D eigenvalue weighted by atomic mass is 9.87. The fourth-order valence-electron chi connectivity index (χ4n) is 7.18. The van der Waals surface area contributed by atoms with E-state index in [1.807, 2.05) is 0 Å². The fourth-order valence-corrected chi connectivity index (χ4v) is 10.7. The van der Waals surface area contributed by atoms with Gasteiger partial charge in [0.1, 0.15) is 48.1 Å². The summed E-state index contributed by atoms with van der Waals surface area (Å²) >= 11 is 0.902. The van der Waals surface area contributed by atoms with Gasteiger partial charge < -0.3 is 66.6 Å². The van der Waals surface area contributed by atoms with Crippen molar-refractivity contribution in [2.24, 2.45) is 5.41 Å². The molecule has 2 aromatic heterocycles. The number of nitrogens with one attached hydrogen (secondary N) is 4. The van der Waals surface area contributed by atoms with Gasteiger partial charge >= 0.3 is 23.5 Å². The van der Waals surface area contributed by atoms with Gasteiger partial charge in [-0.3, -0.25) is 42.1 Å². The number of phosphoric acid groups is 3. The molecule has 33 heteroatoms. The lowest BCUT2D eigenvalue weighted by molar-refractivity contribution is -0.137. The number of nitrogens with two attached hydrogens (primary N) is 1. The third-order valence-corrected chi connectivity index (χ3v) is 15.2. The first-order valence-electron chi connectivity index (χ1n) is 22.8. The maximum absolute atomic E-state index is 13.4. The summed E-state index contributed by atoms with van der Waals surface area (Å²) in [6, 6.07) is 19.6. The Morgan fingerprint density at radius 2 is 1.53 bits per heavy atom. The SMILES string of the molecule is CC(C)(COP(=O)(O)OP(=O)(O)OCC1OC(n2cnc3c(N)ncnc32)C(O)C1OP(=O)(O)O)C(O)C(=O)NCCC(=O)NCCSC(=O)c1ccc(NC(=O)C(Cc2ccc(O)cc2)NC(=O)c2ccccc2)cc1. The normalized spacial score (nSPS) is 19.1. The minimum Gasteiger partial charge on any atom is -0.508 e. The highest BCUT2D eigenvalue weighted by atomic mass is 32.2. The molecule has 6 rings (SSSR count). The molecule has 0 spiro atoms. The summed E-state index contributed by atoms with van der Waals surface area (Å²) in [7, 11) is -16.5. The number of phenolic OH excluding ortho intramolecular Hbond substituents is 1. The van der Waals surface area contributed by atoms with Crippen LogP contribution in [0.4, 0.5) is 11.5 Å². The number of anilines is 2. The Morgan fingerprint density at radius 3 is 2.21 bits per heavy atom. The number of hydrogen-bond acceptors (Lipinski definition) is 21. The van der Waals surface area contributed by atoms with Crippen LogP contribution in [-0.4, -0.2) is 146 Å². The molecule has 8 unspecified atom stereocenters. The minimum atomic E-state index is -5.62. The van der Waals surface area contributed by atoms with Crippen LogP contribution in [-0.2, 0) is 57.1 Å². The lowest BCUT2D eigenvalue weighted by Gasteiger charge is -2.30. The van der Waals surface area contributed by atoms with Gasteiger partial charge in [-0.25, -0.2) is 28.6 Å². The first-order chi connectivity index (χ1) is 36.2. The van der Waals surface area contributed by atoms with Gasteiger partial charge in [0.05, 0.1) is 19.5 Å². The van der Waals surface area contributed by atoms with Crippen molar-refractivity contribution >= 4 is 86.6 Å². The van der Waals surface area contributed by atoms with Crippen LogP contribution in [0.5, 0.6) is 5.75 Å². The Hall–Kier alpha value is -6.04. The van der Waals surface area contributed by atoms with Crippen molar-refractivity contribution in [2.45, 2.75) is 63.4 Å². The van der Waals surface area contributed by atoms with E-state index in [9.17, 15) is 72.6 Å². The highest BCUT2D eigenvalue weighted by Gasteiger charge is 2.50. The number of phenols is 1. The van der Waals surface area contributed by atoms with Crippen molar-refractivity contribution in [3.63, 3.8) is 0 Å². The number of nitrogens with zero attached hydrogens (tertiary/aromatic N) is 4. The molecule has 0 saturated carbocycles. The van der Waals surface area contributed by atoms with Crippen LogP contribution in [0.25, 0.3) is 11.2 Å². The first-order valence-corrected chi connectivity index (χ1v) is 28.3. The number of aliphatic hydroxyl groups is 2. The predicted molar refractivity (Wildman–Crippen MR) is 271 cm³/mol. The average molecular weight is 1150 g/mol. The number of imidazole rings is 1. The van der Waals surface area contributed by atoms with Crippen LogP contribution in [0.3, 0.4) is 0 Å². The molecular weight excluding hydrogens is 1100 g/mol. The number of carbonyl (C=O) groups is 5. The van der Waals surface area contributed by atoms with Crippen LogP contribution in [0.15, 0.2) is 91.5 Å². The number of amides is 4. The minimum absolute atomic E-state index is 0.0126. The zero-order chi connectivity index (χ0) is 56.3. The molecule has 0 aliphatic carbocycles. The number of benzene rings is 3. The van der Waals surface area contributed by atoms with Crippen molar-refractivity contribution in [1.29, 1.82) is 0 Å². The number of aromatic hydroxyl groups is 1. The maximum atomic E-state index is 13.4. The number of phosphoric ester groups is 3. The van der Waals surface area contributed by atoms with Crippen molar-refractivity contribution in [3.8, 4) is 5.75 Å². The van der Waals surface area contributed by atoms with E-state index in [1.165, 1.54) is 50.2 Å². The number of carbonyl (C=O) groups excluding carboxylic acids is 5. The Bertz CT molecular complexity index is 3050. The van der Waals surface area contributed by atoms with Crippen LogP contribution < -0.4 is 27.0 Å². The Labute approximate surface area is 441 Å². The largest absolute Gasteiger partial charge is 0.508 e. The second-order valence-electron chi connectivity index (χ2n) is 17.5. The molecule has 1 aliphatic heterocycles. The van der Waals surface area contributed by atoms with E-state index in [2.05, 4.69) is 45.1 Å². The molecule has 3 aromatic carbocycles. The molecule has 5 aromatic rings. The molecule has 77 heavy (non-hydrogen) atoms. The lowest BCUT2D eigenvalue weighted by Crippen LogP contribution is -2.46. The molecule has 416 valence electrons. The molecule has 8 atom stereocenters. The average Bonchev–Trinajstić information content (AvgIpc) is 3.97. The van der Waals surface area contributed by atoms with Gasteiger partial charge in [-0.1, -0.05) is 55.9 Å². The topological polar surface area (TPSA) is 442 Å². The molecule has 3 heterocycles. The summed E-state index contributed by atoms with van der Waals surface area (Å²) in [6.07, 6.45) is -7.10. The molecule has 0 bridgehead atoms. The van der Waals surface area contributed by atoms with Gasteiger partial charge in [-0.15, -0.1) is 0 Å². The molecule has 4 amide bonds. The number of hydrogen-bond donors (Lipinski definition) is 12. The zero-order valence-electron chi connectivity index (χ0n) is 40.6. The van der Waals surface area contributed by atoms with E-state index in [4.69, 9.17) is 19.5 Å². The summed E-state index contributed by atoms with van der Waals surface area (Å²) in [5, 5.41) is 41.4. The summed E-state index contributed by atoms with van der Waals surface area (Å²) in [6.45, 7) is 0.131. The van der Waals surface area contributed by atoms with E-state index in [1.54, 1.807) is 42.5 Å². The van der Waals surface area contributed by atoms with Crippen LogP contribution in [0.2, 0.25) is 0 Å². The molecule has 1 fully saturated rings. The summed E-state index contributed by atoms with van der Waals surface area (Å²) in [5.41, 5.74) is 5.86. The van der Waals surface area contributed by atoms with Gasteiger partial charge in [0.25, 0.3) is 5.91 Å². The van der Waals surface area contributed by atoms with E-state index < -0.39 is 102 Å². The number of nitrogen functional groups attached to an aromatic ring is 1. The Balaban J connectivity index is 0.889. The predicted octanol–water partition coefficient (Wildman–Crippen LogP) is 1.66. The van der Waals surface area contributed by atoms with Gasteiger partial charge in [-0.2, -0.15) is 4.31 Å². The van der Waals surface area contributed by atoms with Crippen molar-refractivity contribution in [3.05, 3.63) is 108 Å². The first kappa shape index (κ1) is 60.2. The van der Waals surface area contributed by atoms with Gasteiger partial charge in [-0.05, 0) is 54.1 Å².